The first-order chi connectivity index (χ1) is 17.2. The highest BCUT2D eigenvalue weighted by Crippen LogP contribution is 2.23. The lowest BCUT2D eigenvalue weighted by atomic mass is 9.98. The van der Waals surface area contributed by atoms with Gasteiger partial charge in [0, 0.05) is 30.6 Å². The summed E-state index contributed by atoms with van der Waals surface area (Å²) >= 11 is 6.10. The maximum Gasteiger partial charge on any atom is 0.305 e. The third-order valence-corrected chi connectivity index (χ3v) is 6.02. The van der Waals surface area contributed by atoms with E-state index < -0.39 is 18.1 Å². The normalized spacial score (nSPS) is 12.7. The van der Waals surface area contributed by atoms with E-state index in [0.717, 1.165) is 29.5 Å². The summed E-state index contributed by atoms with van der Waals surface area (Å²) in [6.45, 7) is 1.84. The molecular formula is C27H32ClN3O5. The molecule has 1 heterocycles. The topological polar surface area (TPSA) is 113 Å². The van der Waals surface area contributed by atoms with Crippen LogP contribution in [0, 0.1) is 0 Å². The third-order valence-electron chi connectivity index (χ3n) is 5.79. The number of rotatable bonds is 12. The van der Waals surface area contributed by atoms with Gasteiger partial charge in [0.2, 0.25) is 0 Å². The van der Waals surface area contributed by atoms with Crippen LogP contribution in [-0.2, 0) is 23.0 Å². The number of aromatic amines is 1. The van der Waals surface area contributed by atoms with Gasteiger partial charge in [0.05, 0.1) is 6.10 Å². The van der Waals surface area contributed by atoms with Crippen LogP contribution in [0.25, 0.3) is 11.1 Å². The number of amides is 1. The molecule has 3 N–H and O–H groups in total. The van der Waals surface area contributed by atoms with Gasteiger partial charge in [-0.25, -0.2) is 0 Å². The van der Waals surface area contributed by atoms with Crippen LogP contribution in [0.5, 0.6) is 0 Å². The molecule has 0 aliphatic heterocycles. The molecule has 2 atom stereocenters. The van der Waals surface area contributed by atoms with Crippen molar-refractivity contribution in [2.45, 2.75) is 51.2 Å². The highest BCUT2D eigenvalue weighted by atomic mass is 35.5. The Morgan fingerprint density at radius 3 is 2.53 bits per heavy atom. The van der Waals surface area contributed by atoms with E-state index in [-0.39, 0.29) is 30.3 Å². The van der Waals surface area contributed by atoms with E-state index in [1.807, 2.05) is 55.5 Å². The van der Waals surface area contributed by atoms with E-state index in [1.54, 1.807) is 0 Å². The summed E-state index contributed by atoms with van der Waals surface area (Å²) in [5, 5.41) is 16.8. The Morgan fingerprint density at radius 2 is 1.89 bits per heavy atom. The van der Waals surface area contributed by atoms with E-state index in [1.165, 1.54) is 17.8 Å². The van der Waals surface area contributed by atoms with Crippen molar-refractivity contribution in [1.29, 1.82) is 0 Å². The fourth-order valence-corrected chi connectivity index (χ4v) is 4.02. The second-order valence-corrected chi connectivity index (χ2v) is 9.26. The van der Waals surface area contributed by atoms with Crippen molar-refractivity contribution in [2.75, 3.05) is 6.61 Å². The average Bonchev–Trinajstić information content (AvgIpc) is 3.20. The van der Waals surface area contributed by atoms with Crippen molar-refractivity contribution in [1.82, 2.24) is 15.1 Å². The molecule has 0 bridgehead atoms. The van der Waals surface area contributed by atoms with Crippen LogP contribution >= 0.6 is 11.6 Å². The Kier molecular flexibility index (Phi) is 9.90. The van der Waals surface area contributed by atoms with Gasteiger partial charge >= 0.3 is 5.97 Å². The minimum atomic E-state index is -0.957. The molecule has 8 nitrogen and oxygen atoms in total. The molecule has 3 aromatic rings. The lowest BCUT2D eigenvalue weighted by Gasteiger charge is -2.22. The second kappa shape index (κ2) is 13.1. The molecule has 0 unspecified atom stereocenters. The van der Waals surface area contributed by atoms with Crippen LogP contribution in [-0.4, -0.2) is 45.5 Å². The molecule has 0 radical (unpaired) electrons. The minimum absolute atomic E-state index is 0.129. The number of hydrogen-bond donors (Lipinski definition) is 3. The Balaban J connectivity index is 1.69. The standard InChI is InChI=1S/C27H32ClN3O5/c1-3-4-8-26(34)36-17-23(32)15-22(29-27(35)24-16-25(33)31(2)30-24)13-18-9-11-19(12-10-18)20-6-5-7-21(28)14-20/h5-7,9-12,14,16,22-23,30,32H,3-4,8,13,15,17H2,1-2H3,(H,29,35)/t22-,23-/m1/s1. The van der Waals surface area contributed by atoms with Crippen molar-refractivity contribution in [3.8, 4) is 11.1 Å². The summed E-state index contributed by atoms with van der Waals surface area (Å²) in [5.74, 6) is -0.810. The van der Waals surface area contributed by atoms with Gasteiger partial charge in [0.1, 0.15) is 12.3 Å². The molecule has 2 aromatic carbocycles. The Labute approximate surface area is 215 Å². The number of H-pyrrole nitrogens is 1. The van der Waals surface area contributed by atoms with Gasteiger partial charge in [-0.15, -0.1) is 0 Å². The monoisotopic (exact) mass is 513 g/mol. The van der Waals surface area contributed by atoms with Crippen molar-refractivity contribution in [2.24, 2.45) is 7.05 Å². The summed E-state index contributed by atoms with van der Waals surface area (Å²) in [7, 11) is 1.52. The van der Waals surface area contributed by atoms with Crippen LogP contribution in [0.1, 0.15) is 48.7 Å². The van der Waals surface area contributed by atoms with Gasteiger partial charge in [-0.2, -0.15) is 0 Å². The summed E-state index contributed by atoms with van der Waals surface area (Å²) in [5.41, 5.74) is 2.74. The zero-order chi connectivity index (χ0) is 26.1. The summed E-state index contributed by atoms with van der Waals surface area (Å²) in [4.78, 5) is 36.3. The fourth-order valence-electron chi connectivity index (χ4n) is 3.83. The number of nitrogens with zero attached hydrogens (tertiary/aromatic N) is 1. The molecule has 36 heavy (non-hydrogen) atoms. The number of esters is 1. The van der Waals surface area contributed by atoms with Crippen molar-refractivity contribution in [3.63, 3.8) is 0 Å². The van der Waals surface area contributed by atoms with Crippen LogP contribution in [0.15, 0.2) is 59.4 Å². The molecule has 1 aromatic heterocycles. The quantitative estimate of drug-likeness (QED) is 0.318. The number of carbonyl (C=O) groups is 2. The Morgan fingerprint density at radius 1 is 1.14 bits per heavy atom. The van der Waals surface area contributed by atoms with Crippen LogP contribution in [0.2, 0.25) is 5.02 Å². The molecule has 192 valence electrons. The van der Waals surface area contributed by atoms with Crippen LogP contribution in [0.3, 0.4) is 0 Å². The van der Waals surface area contributed by atoms with Crippen LogP contribution in [0.4, 0.5) is 0 Å². The van der Waals surface area contributed by atoms with Crippen LogP contribution < -0.4 is 10.9 Å². The van der Waals surface area contributed by atoms with Gasteiger partial charge in [-0.1, -0.05) is 61.3 Å². The predicted octanol–water partition coefficient (Wildman–Crippen LogP) is 3.86. The summed E-state index contributed by atoms with van der Waals surface area (Å²) in [6.07, 6.45) is 1.56. The zero-order valence-corrected chi connectivity index (χ0v) is 21.3. The SMILES string of the molecule is CCCCC(=O)OC[C@H](O)C[C@@H](Cc1ccc(-c2cccc(Cl)c2)cc1)NC(=O)c1cc(=O)n(C)[nH]1. The first kappa shape index (κ1) is 27.2. The van der Waals surface area contributed by atoms with Crippen molar-refractivity contribution < 1.29 is 19.4 Å². The predicted molar refractivity (Wildman–Crippen MR) is 139 cm³/mol. The highest BCUT2D eigenvalue weighted by molar-refractivity contribution is 6.30. The second-order valence-electron chi connectivity index (χ2n) is 8.82. The minimum Gasteiger partial charge on any atom is -0.463 e. The van der Waals surface area contributed by atoms with E-state index in [2.05, 4.69) is 10.4 Å². The highest BCUT2D eigenvalue weighted by Gasteiger charge is 2.21. The van der Waals surface area contributed by atoms with Gasteiger partial charge in [0.25, 0.3) is 11.5 Å². The van der Waals surface area contributed by atoms with Gasteiger partial charge < -0.3 is 15.2 Å². The Hall–Kier alpha value is -3.36. The van der Waals surface area contributed by atoms with E-state index in [0.29, 0.717) is 17.9 Å². The van der Waals surface area contributed by atoms with Gasteiger partial charge in [-0.3, -0.25) is 24.2 Å². The number of ether oxygens (including phenoxy) is 1. The molecule has 0 aliphatic rings. The maximum atomic E-state index is 12.8. The number of unbranched alkanes of at least 4 members (excludes halogenated alkanes) is 1. The van der Waals surface area contributed by atoms with Crippen molar-refractivity contribution in [3.05, 3.63) is 81.2 Å². The lowest BCUT2D eigenvalue weighted by Crippen LogP contribution is -2.40. The fraction of sp³-hybridized carbons (Fsp3) is 0.370. The smallest absolute Gasteiger partial charge is 0.305 e. The molecule has 3 rings (SSSR count). The van der Waals surface area contributed by atoms with Gasteiger partial charge in [0.15, 0.2) is 0 Å². The number of aliphatic hydroxyl groups excluding tert-OH is 1. The number of carbonyl (C=O) groups excluding carboxylic acids is 2. The third kappa shape index (κ3) is 8.10. The molecule has 0 aliphatic carbocycles. The zero-order valence-electron chi connectivity index (χ0n) is 20.5. The van der Waals surface area contributed by atoms with Gasteiger partial charge in [-0.05, 0) is 48.1 Å². The number of hydrogen-bond acceptors (Lipinski definition) is 5. The molecule has 0 saturated heterocycles. The summed E-state index contributed by atoms with van der Waals surface area (Å²) < 4.78 is 6.39. The number of aryl methyl sites for hydroxylation is 1. The lowest BCUT2D eigenvalue weighted by molar-refractivity contribution is -0.147. The molecule has 9 heteroatoms. The number of aliphatic hydroxyl groups is 1. The average molecular weight is 514 g/mol. The maximum absolute atomic E-state index is 12.8. The molecule has 0 fully saturated rings. The summed E-state index contributed by atoms with van der Waals surface area (Å²) in [6, 6.07) is 16.2. The van der Waals surface area contributed by atoms with E-state index in [9.17, 15) is 19.5 Å². The molecule has 1 amide bonds. The molecule has 0 saturated carbocycles. The number of nitrogens with one attached hydrogen (secondary N) is 2. The Bertz CT molecular complexity index is 1220. The number of benzene rings is 2. The van der Waals surface area contributed by atoms with Crippen molar-refractivity contribution >= 4 is 23.5 Å². The first-order valence-electron chi connectivity index (χ1n) is 12.0. The van der Waals surface area contributed by atoms with E-state index in [4.69, 9.17) is 16.3 Å². The number of aromatic nitrogens is 2. The first-order valence-corrected chi connectivity index (χ1v) is 12.4. The largest absolute Gasteiger partial charge is 0.463 e. The molecule has 0 spiro atoms. The van der Waals surface area contributed by atoms with E-state index >= 15 is 0 Å². The molecular weight excluding hydrogens is 482 g/mol. The number of halogens is 1.